The Morgan fingerprint density at radius 1 is 1.32 bits per heavy atom. The lowest BCUT2D eigenvalue weighted by Gasteiger charge is -2.28. The molecule has 1 saturated carbocycles. The lowest BCUT2D eigenvalue weighted by Crippen LogP contribution is -2.42. The monoisotopic (exact) mass is 260 g/mol. The van der Waals surface area contributed by atoms with Crippen molar-refractivity contribution in [1.29, 1.82) is 0 Å². The molecular weight excluding hydrogens is 236 g/mol. The van der Waals surface area contributed by atoms with Gasteiger partial charge in [0.05, 0.1) is 6.04 Å². The van der Waals surface area contributed by atoms with Crippen molar-refractivity contribution in [3.63, 3.8) is 0 Å². The van der Waals surface area contributed by atoms with Crippen molar-refractivity contribution in [3.05, 3.63) is 29.8 Å². The first kappa shape index (κ1) is 12.9. The predicted octanol–water partition coefficient (Wildman–Crippen LogP) is 2.58. The Bertz CT molecular complexity index is 454. The van der Waals surface area contributed by atoms with Crippen molar-refractivity contribution in [1.82, 2.24) is 10.2 Å². The van der Waals surface area contributed by atoms with E-state index in [1.54, 1.807) is 0 Å². The lowest BCUT2D eigenvalue weighted by molar-refractivity contribution is 0.0952. The van der Waals surface area contributed by atoms with Crippen LogP contribution >= 0.6 is 0 Å². The first-order valence-corrected chi connectivity index (χ1v) is 7.29. The molecule has 2 aliphatic rings. The summed E-state index contributed by atoms with van der Waals surface area (Å²) in [6.07, 6.45) is 2.74. The van der Waals surface area contributed by atoms with Gasteiger partial charge in [-0.1, -0.05) is 18.2 Å². The Morgan fingerprint density at radius 3 is 2.79 bits per heavy atom. The second-order valence-corrected chi connectivity index (χ2v) is 6.34. The molecule has 0 aromatic heterocycles. The average molecular weight is 260 g/mol. The first-order chi connectivity index (χ1) is 9.08. The molecule has 19 heavy (non-hydrogen) atoms. The van der Waals surface area contributed by atoms with Gasteiger partial charge in [0.15, 0.2) is 0 Å². The number of ether oxygens (including phenoxy) is 1. The highest BCUT2D eigenvalue weighted by Gasteiger charge is 2.40. The van der Waals surface area contributed by atoms with Gasteiger partial charge in [-0.3, -0.25) is 0 Å². The number of nitrogens with one attached hydrogen (secondary N) is 1. The molecule has 0 bridgehead atoms. The summed E-state index contributed by atoms with van der Waals surface area (Å²) in [6, 6.07) is 9.49. The maximum Gasteiger partial charge on any atom is 0.125 e. The third kappa shape index (κ3) is 2.63. The van der Waals surface area contributed by atoms with Crippen LogP contribution in [0, 0.1) is 0 Å². The quantitative estimate of drug-likeness (QED) is 0.880. The number of hydrogen-bond acceptors (Lipinski definition) is 3. The third-order valence-corrected chi connectivity index (χ3v) is 4.28. The highest BCUT2D eigenvalue weighted by Crippen LogP contribution is 2.42. The maximum atomic E-state index is 6.05. The van der Waals surface area contributed by atoms with Gasteiger partial charge in [-0.25, -0.2) is 0 Å². The van der Waals surface area contributed by atoms with Crippen LogP contribution in [-0.4, -0.2) is 36.7 Å². The number of para-hydroxylation sites is 1. The van der Waals surface area contributed by atoms with E-state index in [1.165, 1.54) is 18.4 Å². The number of hydrogen-bond donors (Lipinski definition) is 1. The zero-order chi connectivity index (χ0) is 13.5. The van der Waals surface area contributed by atoms with Gasteiger partial charge in [-0.05, 0) is 39.8 Å². The van der Waals surface area contributed by atoms with E-state index in [-0.39, 0.29) is 11.6 Å². The molecule has 1 fully saturated rings. The van der Waals surface area contributed by atoms with E-state index in [2.05, 4.69) is 49.3 Å². The molecule has 0 radical (unpaired) electrons. The van der Waals surface area contributed by atoms with Crippen molar-refractivity contribution in [3.8, 4) is 5.75 Å². The zero-order valence-corrected chi connectivity index (χ0v) is 12.1. The van der Waals surface area contributed by atoms with Crippen LogP contribution in [0.15, 0.2) is 24.3 Å². The second kappa shape index (κ2) is 4.80. The summed E-state index contributed by atoms with van der Waals surface area (Å²) < 4.78 is 6.05. The average Bonchev–Trinajstić information content (AvgIpc) is 3.16. The van der Waals surface area contributed by atoms with Gasteiger partial charge >= 0.3 is 0 Å². The molecule has 1 atom stereocenters. The summed E-state index contributed by atoms with van der Waals surface area (Å²) in [5.41, 5.74) is 1.13. The molecule has 1 unspecified atom stereocenters. The standard InChI is InChI=1S/C16H24N2O/c1-16(2)15(13-6-4-5-7-14(13)19-16)17-10-11-18(3)12-8-9-12/h4-7,12,15,17H,8-11H2,1-3H3. The third-order valence-electron chi connectivity index (χ3n) is 4.28. The molecule has 0 saturated heterocycles. The van der Waals surface area contributed by atoms with Crippen LogP contribution in [0.1, 0.15) is 38.3 Å². The largest absolute Gasteiger partial charge is 0.486 e. The molecule has 3 rings (SSSR count). The van der Waals surface area contributed by atoms with Gasteiger partial charge in [-0.2, -0.15) is 0 Å². The molecule has 104 valence electrons. The fraction of sp³-hybridized carbons (Fsp3) is 0.625. The summed E-state index contributed by atoms with van der Waals surface area (Å²) in [4.78, 5) is 2.46. The van der Waals surface area contributed by atoms with Crippen molar-refractivity contribution in [2.75, 3.05) is 20.1 Å². The Balaban J connectivity index is 1.62. The zero-order valence-electron chi connectivity index (χ0n) is 12.1. The van der Waals surface area contributed by atoms with E-state index in [1.807, 2.05) is 6.07 Å². The smallest absolute Gasteiger partial charge is 0.125 e. The molecule has 1 N–H and O–H groups in total. The van der Waals surface area contributed by atoms with E-state index in [0.717, 1.165) is 24.9 Å². The van der Waals surface area contributed by atoms with Crippen LogP contribution in [-0.2, 0) is 0 Å². The molecule has 3 nitrogen and oxygen atoms in total. The first-order valence-electron chi connectivity index (χ1n) is 7.29. The molecule has 0 amide bonds. The number of likely N-dealkylation sites (N-methyl/N-ethyl adjacent to an activating group) is 1. The van der Waals surface area contributed by atoms with Gasteiger partial charge in [0, 0.05) is 24.7 Å². The highest BCUT2D eigenvalue weighted by atomic mass is 16.5. The summed E-state index contributed by atoms with van der Waals surface area (Å²) in [7, 11) is 2.23. The van der Waals surface area contributed by atoms with Gasteiger partial charge in [0.25, 0.3) is 0 Å². The summed E-state index contributed by atoms with van der Waals surface area (Å²) >= 11 is 0. The van der Waals surface area contributed by atoms with Crippen molar-refractivity contribution in [2.24, 2.45) is 0 Å². The van der Waals surface area contributed by atoms with Crippen LogP contribution in [0.25, 0.3) is 0 Å². The van der Waals surface area contributed by atoms with Gasteiger partial charge in [-0.15, -0.1) is 0 Å². The van der Waals surface area contributed by atoms with Crippen molar-refractivity contribution < 1.29 is 4.74 Å². The van der Waals surface area contributed by atoms with Gasteiger partial charge in [0.1, 0.15) is 11.4 Å². The van der Waals surface area contributed by atoms with Gasteiger partial charge in [0.2, 0.25) is 0 Å². The Labute approximate surface area is 115 Å². The van der Waals surface area contributed by atoms with Crippen molar-refractivity contribution >= 4 is 0 Å². The minimum Gasteiger partial charge on any atom is -0.486 e. The SMILES string of the molecule is CN(CCNC1c2ccccc2OC1(C)C)C1CC1. The van der Waals surface area contributed by atoms with E-state index in [9.17, 15) is 0 Å². The van der Waals surface area contributed by atoms with Crippen LogP contribution in [0.4, 0.5) is 0 Å². The minimum atomic E-state index is -0.165. The number of fused-ring (bicyclic) bond motifs is 1. The van der Waals surface area contributed by atoms with E-state index in [4.69, 9.17) is 4.74 Å². The normalized spacial score (nSPS) is 24.3. The van der Waals surface area contributed by atoms with Gasteiger partial charge < -0.3 is 15.0 Å². The number of nitrogens with zero attached hydrogens (tertiary/aromatic N) is 1. The second-order valence-electron chi connectivity index (χ2n) is 6.34. The van der Waals surface area contributed by atoms with E-state index < -0.39 is 0 Å². The van der Waals surface area contributed by atoms with Crippen LogP contribution in [0.2, 0.25) is 0 Å². The number of rotatable bonds is 5. The fourth-order valence-electron chi connectivity index (χ4n) is 2.97. The minimum absolute atomic E-state index is 0.165. The predicted molar refractivity (Wildman–Crippen MR) is 77.5 cm³/mol. The Hall–Kier alpha value is -1.06. The maximum absolute atomic E-state index is 6.05. The Kier molecular flexibility index (Phi) is 3.27. The molecular formula is C16H24N2O. The Morgan fingerprint density at radius 2 is 2.05 bits per heavy atom. The summed E-state index contributed by atoms with van der Waals surface area (Å²) in [5, 5.41) is 3.67. The summed E-state index contributed by atoms with van der Waals surface area (Å²) in [6.45, 7) is 6.45. The molecule has 1 aromatic carbocycles. The topological polar surface area (TPSA) is 24.5 Å². The van der Waals surface area contributed by atoms with E-state index in [0.29, 0.717) is 0 Å². The molecule has 3 heteroatoms. The molecule has 1 aromatic rings. The molecule has 0 spiro atoms. The molecule has 1 heterocycles. The van der Waals surface area contributed by atoms with E-state index >= 15 is 0 Å². The van der Waals surface area contributed by atoms with Crippen molar-refractivity contribution in [2.45, 2.75) is 44.4 Å². The highest BCUT2D eigenvalue weighted by molar-refractivity contribution is 5.42. The van der Waals surface area contributed by atoms with Crippen LogP contribution in [0.5, 0.6) is 5.75 Å². The fourth-order valence-corrected chi connectivity index (χ4v) is 2.97. The van der Waals surface area contributed by atoms with Crippen LogP contribution < -0.4 is 10.1 Å². The molecule has 1 aliphatic heterocycles. The number of benzene rings is 1. The summed E-state index contributed by atoms with van der Waals surface area (Å²) in [5.74, 6) is 1.03. The lowest BCUT2D eigenvalue weighted by atomic mass is 9.94. The molecule has 1 aliphatic carbocycles. The van der Waals surface area contributed by atoms with Crippen LogP contribution in [0.3, 0.4) is 0 Å².